The summed E-state index contributed by atoms with van der Waals surface area (Å²) in [6.45, 7) is 1.87. The minimum atomic E-state index is 0.133. The lowest BCUT2D eigenvalue weighted by atomic mass is 10.2. The van der Waals surface area contributed by atoms with Crippen molar-refractivity contribution < 1.29 is 14.6 Å². The van der Waals surface area contributed by atoms with Gasteiger partial charge in [0.1, 0.15) is 17.2 Å². The highest BCUT2D eigenvalue weighted by atomic mass is 16.5. The van der Waals surface area contributed by atoms with Crippen LogP contribution in [0.2, 0.25) is 0 Å². The van der Waals surface area contributed by atoms with Gasteiger partial charge in [-0.15, -0.1) is 0 Å². The number of methoxy groups -OCH3 is 2. The van der Waals surface area contributed by atoms with E-state index in [1.165, 1.54) is 0 Å². The van der Waals surface area contributed by atoms with Crippen molar-refractivity contribution in [3.8, 4) is 28.6 Å². The van der Waals surface area contributed by atoms with Crippen LogP contribution < -0.4 is 14.5 Å². The Kier molecular flexibility index (Phi) is 5.74. The molecule has 2 aromatic carbocycles. The number of anilines is 1. The molecule has 0 saturated carbocycles. The summed E-state index contributed by atoms with van der Waals surface area (Å²) in [6.07, 6.45) is 1.69. The number of aromatic nitrogens is 2. The lowest BCUT2D eigenvalue weighted by Gasteiger charge is -2.14. The number of aryl methyl sites for hydroxylation is 1. The Bertz CT molecular complexity index is 1000. The summed E-state index contributed by atoms with van der Waals surface area (Å²) in [5, 5.41) is 16.2. The van der Waals surface area contributed by atoms with E-state index in [1.54, 1.807) is 56.8 Å². The summed E-state index contributed by atoms with van der Waals surface area (Å²) in [4.78, 5) is 8.97. The Hall–Kier alpha value is -3.61. The number of ether oxygens (including phenoxy) is 2. The molecule has 144 valence electrons. The van der Waals surface area contributed by atoms with Crippen molar-refractivity contribution in [2.45, 2.75) is 6.92 Å². The van der Waals surface area contributed by atoms with Crippen LogP contribution in [0.5, 0.6) is 17.2 Å². The smallest absolute Gasteiger partial charge is 0.165 e. The molecular formula is C21H22N4O3. The number of phenolic OH excluding ortho intramolecular Hbond substituents is 1. The fourth-order valence-corrected chi connectivity index (χ4v) is 2.63. The summed E-state index contributed by atoms with van der Waals surface area (Å²) in [5.41, 5.74) is 2.15. The summed E-state index contributed by atoms with van der Waals surface area (Å²) in [7, 11) is 5.00. The third kappa shape index (κ3) is 4.20. The van der Waals surface area contributed by atoms with Crippen LogP contribution in [0.1, 0.15) is 11.3 Å². The van der Waals surface area contributed by atoms with Crippen LogP contribution in [-0.2, 0) is 0 Å². The van der Waals surface area contributed by atoms with Gasteiger partial charge in [-0.25, -0.2) is 9.97 Å². The number of aromatic hydroxyl groups is 1. The molecule has 1 N–H and O–H groups in total. The second-order valence-corrected chi connectivity index (χ2v) is 6.08. The van der Waals surface area contributed by atoms with Crippen molar-refractivity contribution in [1.82, 2.24) is 9.97 Å². The number of hydrogen-bond donors (Lipinski definition) is 1. The van der Waals surface area contributed by atoms with Gasteiger partial charge in [0.25, 0.3) is 0 Å². The van der Waals surface area contributed by atoms with E-state index in [1.807, 2.05) is 31.2 Å². The minimum Gasteiger partial charge on any atom is -0.507 e. The summed E-state index contributed by atoms with van der Waals surface area (Å²) in [6, 6.07) is 14.3. The number of hydrazone groups is 1. The average Bonchev–Trinajstić information content (AvgIpc) is 2.71. The zero-order valence-corrected chi connectivity index (χ0v) is 16.2. The van der Waals surface area contributed by atoms with Gasteiger partial charge in [-0.05, 0) is 31.2 Å². The molecule has 0 aliphatic heterocycles. The molecule has 3 aromatic rings. The largest absolute Gasteiger partial charge is 0.507 e. The SMILES string of the molecule is COc1ccc(C=NN(C)c2cc(C)nc(-c3ccccc3O)n2)c(OC)c1. The first-order chi connectivity index (χ1) is 13.5. The lowest BCUT2D eigenvalue weighted by molar-refractivity contribution is 0.394. The van der Waals surface area contributed by atoms with Gasteiger partial charge in [0, 0.05) is 30.4 Å². The van der Waals surface area contributed by atoms with E-state index in [4.69, 9.17) is 9.47 Å². The van der Waals surface area contributed by atoms with Crippen LogP contribution >= 0.6 is 0 Å². The van der Waals surface area contributed by atoms with Crippen molar-refractivity contribution in [3.63, 3.8) is 0 Å². The van der Waals surface area contributed by atoms with Gasteiger partial charge < -0.3 is 14.6 Å². The molecule has 0 saturated heterocycles. The quantitative estimate of drug-likeness (QED) is 0.521. The molecule has 1 aromatic heterocycles. The van der Waals surface area contributed by atoms with E-state index in [0.29, 0.717) is 28.7 Å². The molecule has 28 heavy (non-hydrogen) atoms. The van der Waals surface area contributed by atoms with Crippen LogP contribution in [0.25, 0.3) is 11.4 Å². The minimum absolute atomic E-state index is 0.133. The summed E-state index contributed by atoms with van der Waals surface area (Å²) in [5.74, 6) is 2.55. The molecule has 7 heteroatoms. The van der Waals surface area contributed by atoms with E-state index >= 15 is 0 Å². The van der Waals surface area contributed by atoms with E-state index in [-0.39, 0.29) is 5.75 Å². The van der Waals surface area contributed by atoms with Gasteiger partial charge in [0.05, 0.1) is 26.0 Å². The van der Waals surface area contributed by atoms with E-state index in [9.17, 15) is 5.11 Å². The van der Waals surface area contributed by atoms with Gasteiger partial charge >= 0.3 is 0 Å². The Morgan fingerprint density at radius 3 is 2.54 bits per heavy atom. The first kappa shape index (κ1) is 19.2. The fraction of sp³-hybridized carbons (Fsp3) is 0.190. The van der Waals surface area contributed by atoms with Crippen LogP contribution in [-0.4, -0.2) is 42.6 Å². The molecule has 0 atom stereocenters. The van der Waals surface area contributed by atoms with Gasteiger partial charge in [-0.1, -0.05) is 12.1 Å². The molecule has 3 rings (SSSR count). The molecule has 0 fully saturated rings. The number of hydrogen-bond acceptors (Lipinski definition) is 7. The van der Waals surface area contributed by atoms with Crippen molar-refractivity contribution in [2.24, 2.45) is 5.10 Å². The molecule has 1 heterocycles. The number of phenols is 1. The van der Waals surface area contributed by atoms with Gasteiger partial charge in [0.2, 0.25) is 0 Å². The lowest BCUT2D eigenvalue weighted by Crippen LogP contribution is -2.12. The van der Waals surface area contributed by atoms with Crippen molar-refractivity contribution in [3.05, 3.63) is 59.8 Å². The summed E-state index contributed by atoms with van der Waals surface area (Å²) < 4.78 is 10.6. The number of rotatable bonds is 6. The third-order valence-corrected chi connectivity index (χ3v) is 4.13. The van der Waals surface area contributed by atoms with Crippen LogP contribution in [0.3, 0.4) is 0 Å². The van der Waals surface area contributed by atoms with Gasteiger partial charge in [-0.3, -0.25) is 5.01 Å². The number of para-hydroxylation sites is 1. The van der Waals surface area contributed by atoms with Crippen LogP contribution in [0.15, 0.2) is 53.6 Å². The zero-order valence-electron chi connectivity index (χ0n) is 16.2. The Balaban J connectivity index is 1.90. The zero-order chi connectivity index (χ0) is 20.1. The molecule has 0 spiro atoms. The molecule has 0 amide bonds. The predicted molar refractivity (Wildman–Crippen MR) is 109 cm³/mol. The molecule has 0 radical (unpaired) electrons. The molecule has 7 nitrogen and oxygen atoms in total. The molecule has 0 unspecified atom stereocenters. The first-order valence-electron chi connectivity index (χ1n) is 8.65. The van der Waals surface area contributed by atoms with Crippen molar-refractivity contribution in [2.75, 3.05) is 26.3 Å². The second-order valence-electron chi connectivity index (χ2n) is 6.08. The normalized spacial score (nSPS) is 10.9. The van der Waals surface area contributed by atoms with Crippen LogP contribution in [0, 0.1) is 6.92 Å². The van der Waals surface area contributed by atoms with Crippen molar-refractivity contribution in [1.29, 1.82) is 0 Å². The third-order valence-electron chi connectivity index (χ3n) is 4.13. The monoisotopic (exact) mass is 378 g/mol. The number of nitrogens with zero attached hydrogens (tertiary/aromatic N) is 4. The summed E-state index contributed by atoms with van der Waals surface area (Å²) >= 11 is 0. The highest BCUT2D eigenvalue weighted by molar-refractivity contribution is 5.84. The topological polar surface area (TPSA) is 80.1 Å². The highest BCUT2D eigenvalue weighted by Crippen LogP contribution is 2.28. The predicted octanol–water partition coefficient (Wildman–Crippen LogP) is 3.65. The molecule has 0 bridgehead atoms. The molecule has 0 aliphatic rings. The Morgan fingerprint density at radius 2 is 1.82 bits per heavy atom. The van der Waals surface area contributed by atoms with E-state index in [2.05, 4.69) is 15.1 Å². The van der Waals surface area contributed by atoms with Crippen molar-refractivity contribution >= 4 is 12.0 Å². The average molecular weight is 378 g/mol. The highest BCUT2D eigenvalue weighted by Gasteiger charge is 2.11. The second kappa shape index (κ2) is 8.39. The number of benzene rings is 2. The van der Waals surface area contributed by atoms with Gasteiger partial charge in [0.15, 0.2) is 11.6 Å². The maximum Gasteiger partial charge on any atom is 0.165 e. The van der Waals surface area contributed by atoms with E-state index < -0.39 is 0 Å². The Labute approximate surface area is 163 Å². The maximum atomic E-state index is 10.1. The van der Waals surface area contributed by atoms with Gasteiger partial charge in [-0.2, -0.15) is 5.10 Å². The first-order valence-corrected chi connectivity index (χ1v) is 8.65. The Morgan fingerprint density at radius 1 is 1.04 bits per heavy atom. The van der Waals surface area contributed by atoms with Crippen LogP contribution in [0.4, 0.5) is 5.82 Å². The van der Waals surface area contributed by atoms with E-state index in [0.717, 1.165) is 11.3 Å². The standard InChI is InChI=1S/C21H22N4O3/c1-14-11-20(24-21(23-14)17-7-5-6-8-18(17)26)25(2)22-13-15-9-10-16(27-3)12-19(15)28-4/h5-13,26H,1-4H3. The molecule has 0 aliphatic carbocycles. The maximum absolute atomic E-state index is 10.1. The molecular weight excluding hydrogens is 356 g/mol. The fourth-order valence-electron chi connectivity index (χ4n) is 2.63.